The van der Waals surface area contributed by atoms with Crippen molar-refractivity contribution in [1.29, 1.82) is 0 Å². The second kappa shape index (κ2) is 8.93. The summed E-state index contributed by atoms with van der Waals surface area (Å²) in [6, 6.07) is 9.19. The number of methoxy groups -OCH3 is 1. The number of carbonyl (C=O) groups is 1. The quantitative estimate of drug-likeness (QED) is 0.720. The van der Waals surface area contributed by atoms with E-state index in [2.05, 4.69) is 5.32 Å². The Hall–Kier alpha value is -1.80. The number of nitrogens with one attached hydrogen (secondary N) is 1. The fraction of sp³-hybridized carbons (Fsp3) is 0.278. The Balaban J connectivity index is 2.19. The van der Waals surface area contributed by atoms with Crippen molar-refractivity contribution < 1.29 is 17.9 Å². The molecule has 0 unspecified atom stereocenters. The minimum atomic E-state index is -3.84. The zero-order valence-corrected chi connectivity index (χ0v) is 17.5. The highest BCUT2D eigenvalue weighted by Crippen LogP contribution is 2.26. The second-order valence-corrected chi connectivity index (χ2v) is 8.52. The summed E-state index contributed by atoms with van der Waals surface area (Å²) < 4.78 is 32.0. The first-order chi connectivity index (χ1) is 12.7. The van der Waals surface area contributed by atoms with Gasteiger partial charge in [-0.1, -0.05) is 30.1 Å². The van der Waals surface area contributed by atoms with Gasteiger partial charge in [0, 0.05) is 11.6 Å². The fourth-order valence-electron chi connectivity index (χ4n) is 2.47. The molecule has 0 bridgehead atoms. The standard InChI is InChI=1S/C18H20Cl2N2O4S/c1-4-22(11-18(23)21-16-7-5-13(19)10-15(16)20)27(24,25)14-6-8-17(26-3)12(2)9-14/h5-10H,4,11H2,1-3H3,(H,21,23). The molecule has 0 atom stereocenters. The van der Waals surface area contributed by atoms with Crippen molar-refractivity contribution in [3.05, 3.63) is 52.0 Å². The number of halogens is 2. The number of likely N-dealkylation sites (N-methyl/N-ethyl adjacent to an activating group) is 1. The molecule has 9 heteroatoms. The van der Waals surface area contributed by atoms with E-state index >= 15 is 0 Å². The van der Waals surface area contributed by atoms with Crippen LogP contribution < -0.4 is 10.1 Å². The smallest absolute Gasteiger partial charge is 0.243 e. The van der Waals surface area contributed by atoms with Gasteiger partial charge >= 0.3 is 0 Å². The highest BCUT2D eigenvalue weighted by Gasteiger charge is 2.26. The van der Waals surface area contributed by atoms with Crippen molar-refractivity contribution in [1.82, 2.24) is 4.31 Å². The van der Waals surface area contributed by atoms with Gasteiger partial charge in [0.15, 0.2) is 0 Å². The molecule has 0 aliphatic carbocycles. The molecule has 0 radical (unpaired) electrons. The van der Waals surface area contributed by atoms with Crippen molar-refractivity contribution in [3.8, 4) is 5.75 Å². The molecule has 0 heterocycles. The Morgan fingerprint density at radius 2 is 1.89 bits per heavy atom. The van der Waals surface area contributed by atoms with Crippen LogP contribution in [0.4, 0.5) is 5.69 Å². The summed E-state index contributed by atoms with van der Waals surface area (Å²) in [7, 11) is -2.32. The first kappa shape index (κ1) is 21.5. The molecule has 6 nitrogen and oxygen atoms in total. The number of nitrogens with zero attached hydrogens (tertiary/aromatic N) is 1. The lowest BCUT2D eigenvalue weighted by molar-refractivity contribution is -0.116. The monoisotopic (exact) mass is 430 g/mol. The molecule has 0 aliphatic rings. The van der Waals surface area contributed by atoms with Gasteiger partial charge in [-0.3, -0.25) is 4.79 Å². The van der Waals surface area contributed by atoms with Gasteiger partial charge in [0.25, 0.3) is 0 Å². The van der Waals surface area contributed by atoms with Crippen LogP contribution in [0.5, 0.6) is 5.75 Å². The van der Waals surface area contributed by atoms with E-state index in [9.17, 15) is 13.2 Å². The van der Waals surface area contributed by atoms with Gasteiger partial charge in [-0.25, -0.2) is 8.42 Å². The zero-order valence-electron chi connectivity index (χ0n) is 15.1. The van der Waals surface area contributed by atoms with Crippen LogP contribution in [0.2, 0.25) is 10.0 Å². The summed E-state index contributed by atoms with van der Waals surface area (Å²) in [5.41, 5.74) is 1.05. The lowest BCUT2D eigenvalue weighted by Gasteiger charge is -2.21. The van der Waals surface area contributed by atoms with Crippen LogP contribution in [0.3, 0.4) is 0 Å². The normalized spacial score (nSPS) is 11.5. The van der Waals surface area contributed by atoms with Crippen LogP contribution >= 0.6 is 23.2 Å². The van der Waals surface area contributed by atoms with E-state index in [1.54, 1.807) is 32.0 Å². The van der Waals surface area contributed by atoms with E-state index in [1.807, 2.05) is 0 Å². The number of aryl methyl sites for hydroxylation is 1. The molecule has 0 saturated heterocycles. The summed E-state index contributed by atoms with van der Waals surface area (Å²) in [5, 5.41) is 3.31. The SMILES string of the molecule is CCN(CC(=O)Nc1ccc(Cl)cc1Cl)S(=O)(=O)c1ccc(OC)c(C)c1. The highest BCUT2D eigenvalue weighted by molar-refractivity contribution is 7.89. The predicted octanol–water partition coefficient (Wildman–Crippen LogP) is 3.96. The predicted molar refractivity (Wildman–Crippen MR) is 107 cm³/mol. The number of hydrogen-bond donors (Lipinski definition) is 1. The maximum Gasteiger partial charge on any atom is 0.243 e. The molecule has 27 heavy (non-hydrogen) atoms. The average Bonchev–Trinajstić information content (AvgIpc) is 2.61. The van der Waals surface area contributed by atoms with Crippen LogP contribution in [0, 0.1) is 6.92 Å². The van der Waals surface area contributed by atoms with Crippen molar-refractivity contribution in [2.45, 2.75) is 18.7 Å². The van der Waals surface area contributed by atoms with Crippen molar-refractivity contribution in [2.75, 3.05) is 25.5 Å². The lowest BCUT2D eigenvalue weighted by Crippen LogP contribution is -2.37. The molecule has 0 fully saturated rings. The molecule has 1 amide bonds. The molecule has 0 spiro atoms. The van der Waals surface area contributed by atoms with E-state index in [0.717, 1.165) is 4.31 Å². The molecule has 0 aliphatic heterocycles. The second-order valence-electron chi connectivity index (χ2n) is 5.73. The number of rotatable bonds is 7. The summed E-state index contributed by atoms with van der Waals surface area (Å²) in [6.45, 7) is 3.21. The molecule has 2 aromatic rings. The van der Waals surface area contributed by atoms with Crippen molar-refractivity contribution in [2.24, 2.45) is 0 Å². The first-order valence-electron chi connectivity index (χ1n) is 8.08. The van der Waals surface area contributed by atoms with Gasteiger partial charge in [0.05, 0.1) is 29.3 Å². The summed E-state index contributed by atoms with van der Waals surface area (Å²) in [4.78, 5) is 12.4. The molecular weight excluding hydrogens is 411 g/mol. The van der Waals surface area contributed by atoms with E-state index in [-0.39, 0.29) is 23.0 Å². The topological polar surface area (TPSA) is 75.7 Å². The maximum atomic E-state index is 12.9. The van der Waals surface area contributed by atoms with Gasteiger partial charge in [0.1, 0.15) is 5.75 Å². The van der Waals surface area contributed by atoms with Crippen molar-refractivity contribution in [3.63, 3.8) is 0 Å². The largest absolute Gasteiger partial charge is 0.496 e. The molecule has 1 N–H and O–H groups in total. The lowest BCUT2D eigenvalue weighted by atomic mass is 10.2. The third kappa shape index (κ3) is 5.13. The minimum Gasteiger partial charge on any atom is -0.496 e. The Morgan fingerprint density at radius 3 is 2.44 bits per heavy atom. The van der Waals surface area contributed by atoms with Crippen LogP contribution in [0.25, 0.3) is 0 Å². The molecule has 2 rings (SSSR count). The summed E-state index contributed by atoms with van der Waals surface area (Å²) in [6.07, 6.45) is 0. The first-order valence-corrected chi connectivity index (χ1v) is 10.3. The van der Waals surface area contributed by atoms with E-state index in [4.69, 9.17) is 27.9 Å². The number of ether oxygens (including phenoxy) is 1. The van der Waals surface area contributed by atoms with Crippen LogP contribution in [-0.2, 0) is 14.8 Å². The third-order valence-corrected chi connectivity index (χ3v) is 6.35. The maximum absolute atomic E-state index is 12.9. The van der Waals surface area contributed by atoms with Crippen molar-refractivity contribution >= 4 is 44.8 Å². The molecule has 146 valence electrons. The van der Waals surface area contributed by atoms with Gasteiger partial charge in [-0.15, -0.1) is 0 Å². The zero-order chi connectivity index (χ0) is 20.2. The van der Waals surface area contributed by atoms with E-state index in [1.165, 1.54) is 25.3 Å². The molecule has 2 aromatic carbocycles. The Morgan fingerprint density at radius 1 is 1.19 bits per heavy atom. The fourth-order valence-corrected chi connectivity index (χ4v) is 4.41. The van der Waals surface area contributed by atoms with Crippen LogP contribution in [0.1, 0.15) is 12.5 Å². The molecule has 0 saturated carbocycles. The van der Waals surface area contributed by atoms with E-state index < -0.39 is 15.9 Å². The highest BCUT2D eigenvalue weighted by atomic mass is 35.5. The number of amides is 1. The van der Waals surface area contributed by atoms with Crippen LogP contribution in [0.15, 0.2) is 41.3 Å². The number of benzene rings is 2. The molecule has 0 aromatic heterocycles. The van der Waals surface area contributed by atoms with E-state index in [0.29, 0.717) is 22.0 Å². The van der Waals surface area contributed by atoms with Crippen LogP contribution in [-0.4, -0.2) is 38.8 Å². The Kier molecular flexibility index (Phi) is 7.11. The number of sulfonamides is 1. The number of anilines is 1. The third-order valence-electron chi connectivity index (χ3n) is 3.88. The van der Waals surface area contributed by atoms with Gasteiger partial charge < -0.3 is 10.1 Å². The minimum absolute atomic E-state index is 0.0972. The molecular formula is C18H20Cl2N2O4S. The van der Waals surface area contributed by atoms with Gasteiger partial charge in [0.2, 0.25) is 15.9 Å². The summed E-state index contributed by atoms with van der Waals surface area (Å²) >= 11 is 11.9. The van der Waals surface area contributed by atoms with Gasteiger partial charge in [-0.2, -0.15) is 4.31 Å². The summed E-state index contributed by atoms with van der Waals surface area (Å²) in [5.74, 6) is 0.0852. The Bertz CT molecular complexity index is 948. The Labute approximate surface area is 169 Å². The van der Waals surface area contributed by atoms with Gasteiger partial charge in [-0.05, 0) is 48.9 Å². The average molecular weight is 431 g/mol. The number of carbonyl (C=O) groups excluding carboxylic acids is 1. The number of hydrogen-bond acceptors (Lipinski definition) is 4.